The predicted molar refractivity (Wildman–Crippen MR) is 100 cm³/mol. The average Bonchev–Trinajstić information content (AvgIpc) is 2.56. The molecular weight excluding hydrogens is 374 g/mol. The number of benzene rings is 2. The van der Waals surface area contributed by atoms with Gasteiger partial charge in [-0.2, -0.15) is 0 Å². The van der Waals surface area contributed by atoms with Crippen LogP contribution in [0.5, 0.6) is 0 Å². The molecule has 2 aromatic carbocycles. The molecule has 0 aliphatic heterocycles. The SMILES string of the molecule is COCC(=O)Nc1cccc(NS(=O)(=O)c2cc([N+](=O)[O-])cc(C)c2C)c1. The van der Waals surface area contributed by atoms with Gasteiger partial charge in [0.25, 0.3) is 15.7 Å². The normalized spacial score (nSPS) is 11.1. The van der Waals surface area contributed by atoms with Gasteiger partial charge in [0.05, 0.1) is 15.5 Å². The highest BCUT2D eigenvalue weighted by Crippen LogP contribution is 2.27. The third-order valence-electron chi connectivity index (χ3n) is 3.78. The van der Waals surface area contributed by atoms with Gasteiger partial charge in [0.15, 0.2) is 0 Å². The van der Waals surface area contributed by atoms with Crippen LogP contribution in [0.1, 0.15) is 11.1 Å². The highest BCUT2D eigenvalue weighted by molar-refractivity contribution is 7.92. The Morgan fingerprint density at radius 1 is 1.19 bits per heavy atom. The Balaban J connectivity index is 2.34. The molecule has 2 aromatic rings. The minimum Gasteiger partial charge on any atom is -0.375 e. The molecule has 0 aliphatic carbocycles. The van der Waals surface area contributed by atoms with Gasteiger partial charge in [-0.25, -0.2) is 8.42 Å². The van der Waals surface area contributed by atoms with Crippen LogP contribution in [-0.4, -0.2) is 33.0 Å². The molecule has 0 atom stereocenters. The number of methoxy groups -OCH3 is 1. The molecule has 0 fully saturated rings. The van der Waals surface area contributed by atoms with Crippen LogP contribution >= 0.6 is 0 Å². The number of non-ortho nitro benzene ring substituents is 1. The van der Waals surface area contributed by atoms with E-state index in [0.717, 1.165) is 6.07 Å². The topological polar surface area (TPSA) is 128 Å². The van der Waals surface area contributed by atoms with Crippen molar-refractivity contribution in [1.82, 2.24) is 0 Å². The van der Waals surface area contributed by atoms with Crippen molar-refractivity contribution in [2.75, 3.05) is 23.8 Å². The number of aryl methyl sites for hydroxylation is 1. The minimum absolute atomic E-state index is 0.137. The molecule has 1 amide bonds. The van der Waals surface area contributed by atoms with E-state index < -0.39 is 14.9 Å². The van der Waals surface area contributed by atoms with E-state index in [1.165, 1.54) is 25.3 Å². The number of carbonyl (C=O) groups excluding carboxylic acids is 1. The van der Waals surface area contributed by atoms with Crippen LogP contribution in [0.15, 0.2) is 41.3 Å². The lowest BCUT2D eigenvalue weighted by Crippen LogP contribution is -2.18. The zero-order valence-corrected chi connectivity index (χ0v) is 15.8. The van der Waals surface area contributed by atoms with E-state index in [-0.39, 0.29) is 28.8 Å². The zero-order valence-electron chi connectivity index (χ0n) is 15.0. The summed E-state index contributed by atoms with van der Waals surface area (Å²) in [7, 11) is -2.69. The number of anilines is 2. The summed E-state index contributed by atoms with van der Waals surface area (Å²) in [6.07, 6.45) is 0. The Morgan fingerprint density at radius 3 is 2.48 bits per heavy atom. The van der Waals surface area contributed by atoms with Gasteiger partial charge in [-0.15, -0.1) is 0 Å². The van der Waals surface area contributed by atoms with Gasteiger partial charge in [0, 0.05) is 24.9 Å². The number of carbonyl (C=O) groups is 1. The molecule has 0 aliphatic rings. The Labute approximate surface area is 156 Å². The predicted octanol–water partition coefficient (Wildman–Crippen LogP) is 2.60. The Kier molecular flexibility index (Phi) is 6.13. The summed E-state index contributed by atoms with van der Waals surface area (Å²) in [6, 6.07) is 8.43. The van der Waals surface area contributed by atoms with E-state index in [4.69, 9.17) is 4.74 Å². The second-order valence-corrected chi connectivity index (χ2v) is 7.46. The lowest BCUT2D eigenvalue weighted by molar-refractivity contribution is -0.385. The number of nitro benzene ring substituents is 1. The van der Waals surface area contributed by atoms with Crippen molar-refractivity contribution in [3.05, 3.63) is 57.6 Å². The molecular formula is C17H19N3O6S. The molecule has 144 valence electrons. The van der Waals surface area contributed by atoms with E-state index in [0.29, 0.717) is 16.8 Å². The van der Waals surface area contributed by atoms with Crippen molar-refractivity contribution in [3.8, 4) is 0 Å². The maximum absolute atomic E-state index is 12.7. The fourth-order valence-corrected chi connectivity index (χ4v) is 3.78. The molecule has 0 aromatic heterocycles. The van der Waals surface area contributed by atoms with Crippen molar-refractivity contribution in [3.63, 3.8) is 0 Å². The first-order valence-electron chi connectivity index (χ1n) is 7.81. The zero-order chi connectivity index (χ0) is 20.2. The molecule has 10 heteroatoms. The van der Waals surface area contributed by atoms with Crippen LogP contribution in [0.2, 0.25) is 0 Å². The van der Waals surface area contributed by atoms with Crippen molar-refractivity contribution in [2.45, 2.75) is 18.7 Å². The summed E-state index contributed by atoms with van der Waals surface area (Å²) in [6.45, 7) is 3.05. The maximum atomic E-state index is 12.7. The highest BCUT2D eigenvalue weighted by Gasteiger charge is 2.22. The molecule has 0 saturated carbocycles. The van der Waals surface area contributed by atoms with Crippen molar-refractivity contribution in [2.24, 2.45) is 0 Å². The van der Waals surface area contributed by atoms with Gasteiger partial charge < -0.3 is 10.1 Å². The van der Waals surface area contributed by atoms with Crippen LogP contribution in [0.25, 0.3) is 0 Å². The molecule has 0 bridgehead atoms. The monoisotopic (exact) mass is 393 g/mol. The van der Waals surface area contributed by atoms with E-state index in [1.54, 1.807) is 26.0 Å². The molecule has 27 heavy (non-hydrogen) atoms. The van der Waals surface area contributed by atoms with Crippen LogP contribution < -0.4 is 10.0 Å². The molecule has 0 unspecified atom stereocenters. The molecule has 0 radical (unpaired) electrons. The summed E-state index contributed by atoms with van der Waals surface area (Å²) in [5.74, 6) is -0.386. The van der Waals surface area contributed by atoms with E-state index >= 15 is 0 Å². The van der Waals surface area contributed by atoms with E-state index in [2.05, 4.69) is 10.0 Å². The van der Waals surface area contributed by atoms with Crippen molar-refractivity contribution >= 4 is 33.0 Å². The van der Waals surface area contributed by atoms with Gasteiger partial charge in [-0.05, 0) is 43.2 Å². The van der Waals surface area contributed by atoms with Crippen LogP contribution in [0, 0.1) is 24.0 Å². The summed E-state index contributed by atoms with van der Waals surface area (Å²) < 4.78 is 32.6. The Bertz CT molecular complexity index is 988. The second kappa shape index (κ2) is 8.14. The third-order valence-corrected chi connectivity index (χ3v) is 5.29. The average molecular weight is 393 g/mol. The number of rotatable bonds is 7. The first-order valence-corrected chi connectivity index (χ1v) is 9.29. The van der Waals surface area contributed by atoms with Crippen LogP contribution in [0.4, 0.5) is 17.1 Å². The number of hydrogen-bond donors (Lipinski definition) is 2. The van der Waals surface area contributed by atoms with Gasteiger partial charge in [-0.3, -0.25) is 19.6 Å². The quantitative estimate of drug-likeness (QED) is 0.550. The van der Waals surface area contributed by atoms with Gasteiger partial charge in [0.2, 0.25) is 5.91 Å². The molecule has 0 saturated heterocycles. The molecule has 2 rings (SSSR count). The van der Waals surface area contributed by atoms with E-state index in [1.807, 2.05) is 0 Å². The first kappa shape index (κ1) is 20.3. The molecule has 0 heterocycles. The number of nitro groups is 1. The number of sulfonamides is 1. The lowest BCUT2D eigenvalue weighted by atomic mass is 10.1. The lowest BCUT2D eigenvalue weighted by Gasteiger charge is -2.13. The maximum Gasteiger partial charge on any atom is 0.271 e. The van der Waals surface area contributed by atoms with Gasteiger partial charge >= 0.3 is 0 Å². The highest BCUT2D eigenvalue weighted by atomic mass is 32.2. The molecule has 9 nitrogen and oxygen atoms in total. The summed E-state index contributed by atoms with van der Waals surface area (Å²) in [5.41, 5.74) is 1.18. The number of amides is 1. The Morgan fingerprint density at radius 2 is 1.85 bits per heavy atom. The fourth-order valence-electron chi connectivity index (χ4n) is 2.39. The summed E-state index contributed by atoms with van der Waals surface area (Å²) in [5, 5.41) is 13.6. The smallest absolute Gasteiger partial charge is 0.271 e. The van der Waals surface area contributed by atoms with Crippen LogP contribution in [-0.2, 0) is 19.6 Å². The largest absolute Gasteiger partial charge is 0.375 e. The van der Waals surface area contributed by atoms with Crippen LogP contribution in [0.3, 0.4) is 0 Å². The third kappa shape index (κ3) is 5.02. The number of ether oxygens (including phenoxy) is 1. The second-order valence-electron chi connectivity index (χ2n) is 5.81. The molecule has 0 spiro atoms. The number of hydrogen-bond acceptors (Lipinski definition) is 6. The van der Waals surface area contributed by atoms with E-state index in [9.17, 15) is 23.3 Å². The standard InChI is InChI=1S/C17H19N3O6S/c1-11-7-15(20(22)23)9-16(12(11)2)27(24,25)19-14-6-4-5-13(8-14)18-17(21)10-26-3/h4-9,19H,10H2,1-3H3,(H,18,21). The summed E-state index contributed by atoms with van der Waals surface area (Å²) in [4.78, 5) is 21.8. The Hall–Kier alpha value is -2.98. The van der Waals surface area contributed by atoms with Crippen molar-refractivity contribution < 1.29 is 22.9 Å². The van der Waals surface area contributed by atoms with Gasteiger partial charge in [-0.1, -0.05) is 6.07 Å². The number of nitrogens with zero attached hydrogens (tertiary/aromatic N) is 1. The summed E-state index contributed by atoms with van der Waals surface area (Å²) >= 11 is 0. The number of nitrogens with one attached hydrogen (secondary N) is 2. The molecule has 2 N–H and O–H groups in total. The first-order chi connectivity index (χ1) is 12.6. The van der Waals surface area contributed by atoms with Gasteiger partial charge in [0.1, 0.15) is 6.61 Å². The minimum atomic E-state index is -4.07. The van der Waals surface area contributed by atoms with Crippen molar-refractivity contribution in [1.29, 1.82) is 0 Å². The fraction of sp³-hybridized carbons (Fsp3) is 0.235.